The summed E-state index contributed by atoms with van der Waals surface area (Å²) in [5.74, 6) is 0. The molecule has 0 atom stereocenters. The fourth-order valence-corrected chi connectivity index (χ4v) is 11.2. The van der Waals surface area contributed by atoms with Crippen molar-refractivity contribution in [3.63, 3.8) is 0 Å². The Bertz CT molecular complexity index is 3250. The predicted octanol–water partition coefficient (Wildman–Crippen LogP) is 15.9. The van der Waals surface area contributed by atoms with Gasteiger partial charge in [-0.05, 0) is 125 Å². The quantitative estimate of drug-likeness (QED) is 0.158. The first-order valence-corrected chi connectivity index (χ1v) is 20.6. The van der Waals surface area contributed by atoms with Crippen LogP contribution < -0.4 is 0 Å². The molecule has 0 unspecified atom stereocenters. The minimum Gasteiger partial charge on any atom is -0.135 e. The zero-order chi connectivity index (χ0) is 37.5. The first-order valence-electron chi connectivity index (χ1n) is 19.8. The lowest BCUT2D eigenvalue weighted by Crippen LogP contribution is -2.15. The lowest BCUT2D eigenvalue weighted by atomic mass is 9.80. The maximum Gasteiger partial charge on any atom is 0.0361 e. The van der Waals surface area contributed by atoms with Gasteiger partial charge >= 0.3 is 0 Å². The number of rotatable bonds is 4. The molecule has 1 aromatic heterocycles. The summed E-state index contributed by atoms with van der Waals surface area (Å²) in [6.07, 6.45) is 5.70. The van der Waals surface area contributed by atoms with E-state index in [9.17, 15) is 0 Å². The second-order valence-corrected chi connectivity index (χ2v) is 17.0. The fraction of sp³-hybridized carbons (Fsp3) is 0.0909. The first kappa shape index (κ1) is 33.1. The fourth-order valence-electron chi connectivity index (χ4n) is 10.0. The molecule has 0 fully saturated rings. The van der Waals surface area contributed by atoms with Crippen LogP contribution in [0.2, 0.25) is 0 Å². The van der Waals surface area contributed by atoms with Gasteiger partial charge in [0.05, 0.1) is 0 Å². The molecule has 56 heavy (non-hydrogen) atoms. The molecule has 11 rings (SSSR count). The van der Waals surface area contributed by atoms with Crippen molar-refractivity contribution in [2.75, 3.05) is 0 Å². The van der Waals surface area contributed by atoms with Crippen LogP contribution >= 0.6 is 11.3 Å². The molecule has 0 spiro atoms. The zero-order valence-corrected chi connectivity index (χ0v) is 32.7. The van der Waals surface area contributed by atoms with E-state index in [0.29, 0.717) is 0 Å². The summed E-state index contributed by atoms with van der Waals surface area (Å²) in [5, 5.41) is 13.1. The Kier molecular flexibility index (Phi) is 7.46. The van der Waals surface area contributed by atoms with Crippen molar-refractivity contribution in [1.29, 1.82) is 0 Å². The van der Waals surface area contributed by atoms with E-state index in [1.54, 1.807) is 0 Å². The number of hydrogen-bond donors (Lipinski definition) is 0. The summed E-state index contributed by atoms with van der Waals surface area (Å²) in [4.78, 5) is 0. The second-order valence-electron chi connectivity index (χ2n) is 15.9. The van der Waals surface area contributed by atoms with Crippen molar-refractivity contribution in [3.8, 4) is 22.3 Å². The van der Waals surface area contributed by atoms with Crippen molar-refractivity contribution in [2.45, 2.75) is 32.6 Å². The van der Waals surface area contributed by atoms with Crippen LogP contribution in [-0.4, -0.2) is 0 Å². The van der Waals surface area contributed by atoms with Crippen LogP contribution in [0.1, 0.15) is 37.5 Å². The summed E-state index contributed by atoms with van der Waals surface area (Å²) in [6.45, 7) is 7.03. The van der Waals surface area contributed by atoms with Crippen molar-refractivity contribution in [1.82, 2.24) is 0 Å². The van der Waals surface area contributed by atoms with Gasteiger partial charge in [0.2, 0.25) is 0 Å². The third kappa shape index (κ3) is 4.91. The SMILES string of the molecule is C/C=C1\C(=C/Cc2cccc(-c3c4ccccc4c(-c4cccc5ccccc45)c4ccccc34)c2)c2ccc3cc4c(cc3c2C1(C)C)sc1ccccc14. The van der Waals surface area contributed by atoms with Crippen molar-refractivity contribution >= 4 is 80.2 Å². The average molecular weight is 733 g/mol. The van der Waals surface area contributed by atoms with Crippen LogP contribution in [0.3, 0.4) is 0 Å². The number of benzene rings is 9. The summed E-state index contributed by atoms with van der Waals surface area (Å²) >= 11 is 1.91. The van der Waals surface area contributed by atoms with E-state index in [1.165, 1.54) is 113 Å². The topological polar surface area (TPSA) is 0 Å². The molecule has 0 radical (unpaired) electrons. The summed E-state index contributed by atoms with van der Waals surface area (Å²) in [5.41, 5.74) is 12.0. The second kappa shape index (κ2) is 12.6. The standard InChI is InChI=1S/C55H40S/c1-4-49-39(46-30-28-36-32-48-40-20-11-12-26-50(40)56-51(48)33-47(36)54(46)55(49,2)3)29-27-34-15-13-18-37(31-34)52-42-21-7-9-23-44(42)53(45-24-10-8-22-43(45)52)41-25-14-17-35-16-5-6-19-38(35)41/h4-26,28-33H,27H2,1-3H3/b39-29-,49-4+. The van der Waals surface area contributed by atoms with E-state index in [4.69, 9.17) is 0 Å². The van der Waals surface area contributed by atoms with Crippen LogP contribution in [0, 0.1) is 0 Å². The molecule has 1 heterocycles. The highest BCUT2D eigenvalue weighted by molar-refractivity contribution is 7.25. The van der Waals surface area contributed by atoms with Gasteiger partial charge in [-0.2, -0.15) is 0 Å². The molecule has 0 N–H and O–H groups in total. The lowest BCUT2D eigenvalue weighted by molar-refractivity contribution is 0.665. The van der Waals surface area contributed by atoms with Crippen LogP contribution in [0.5, 0.6) is 0 Å². The van der Waals surface area contributed by atoms with Crippen LogP contribution in [-0.2, 0) is 11.8 Å². The van der Waals surface area contributed by atoms with E-state index in [1.807, 2.05) is 11.3 Å². The van der Waals surface area contributed by atoms with Gasteiger partial charge in [-0.15, -0.1) is 11.3 Å². The summed E-state index contributed by atoms with van der Waals surface area (Å²) in [6, 6.07) is 61.2. The lowest BCUT2D eigenvalue weighted by Gasteiger charge is -2.23. The van der Waals surface area contributed by atoms with E-state index in [-0.39, 0.29) is 5.41 Å². The Hall–Kier alpha value is -6.28. The molecular weight excluding hydrogens is 693 g/mol. The number of fused-ring (bicyclic) bond motifs is 9. The summed E-state index contributed by atoms with van der Waals surface area (Å²) < 4.78 is 2.72. The molecular formula is C55H40S. The zero-order valence-electron chi connectivity index (χ0n) is 31.9. The molecule has 1 heteroatoms. The van der Waals surface area contributed by atoms with Gasteiger partial charge in [0.1, 0.15) is 0 Å². The smallest absolute Gasteiger partial charge is 0.0361 e. The highest BCUT2D eigenvalue weighted by Gasteiger charge is 2.39. The molecule has 0 bridgehead atoms. The Morgan fingerprint density at radius 2 is 1.12 bits per heavy atom. The Morgan fingerprint density at radius 3 is 1.88 bits per heavy atom. The molecule has 0 saturated heterocycles. The van der Waals surface area contributed by atoms with Crippen LogP contribution in [0.4, 0.5) is 0 Å². The largest absolute Gasteiger partial charge is 0.135 e. The van der Waals surface area contributed by atoms with Crippen molar-refractivity contribution in [3.05, 3.63) is 198 Å². The van der Waals surface area contributed by atoms with E-state index < -0.39 is 0 Å². The molecule has 10 aromatic rings. The third-order valence-corrected chi connectivity index (χ3v) is 13.6. The normalized spacial score (nSPS) is 15.3. The molecule has 0 nitrogen and oxygen atoms in total. The van der Waals surface area contributed by atoms with Gasteiger partial charge in [-0.25, -0.2) is 0 Å². The van der Waals surface area contributed by atoms with E-state index in [2.05, 4.69) is 197 Å². The maximum absolute atomic E-state index is 2.49. The molecule has 0 aliphatic heterocycles. The molecule has 266 valence electrons. The van der Waals surface area contributed by atoms with Crippen molar-refractivity contribution < 1.29 is 0 Å². The highest BCUT2D eigenvalue weighted by atomic mass is 32.1. The van der Waals surface area contributed by atoms with Gasteiger partial charge in [-0.1, -0.05) is 172 Å². The molecule has 0 saturated carbocycles. The number of hydrogen-bond acceptors (Lipinski definition) is 1. The molecule has 1 aliphatic rings. The minimum absolute atomic E-state index is 0.106. The molecule has 9 aromatic carbocycles. The maximum atomic E-state index is 2.49. The molecule has 1 aliphatic carbocycles. The number of allylic oxidation sites excluding steroid dienone is 4. The predicted molar refractivity (Wildman–Crippen MR) is 245 cm³/mol. The van der Waals surface area contributed by atoms with Gasteiger partial charge in [0.15, 0.2) is 0 Å². The minimum atomic E-state index is -0.106. The van der Waals surface area contributed by atoms with Gasteiger partial charge < -0.3 is 0 Å². The average Bonchev–Trinajstić information content (AvgIpc) is 3.71. The Balaban J connectivity index is 1.04. The first-order chi connectivity index (χ1) is 27.5. The van der Waals surface area contributed by atoms with Gasteiger partial charge in [0.25, 0.3) is 0 Å². The molecule has 0 amide bonds. The Morgan fingerprint density at radius 1 is 0.482 bits per heavy atom. The monoisotopic (exact) mass is 732 g/mol. The van der Waals surface area contributed by atoms with Gasteiger partial charge in [0, 0.05) is 25.6 Å². The number of thiophene rings is 1. The summed E-state index contributed by atoms with van der Waals surface area (Å²) in [7, 11) is 0. The highest BCUT2D eigenvalue weighted by Crippen LogP contribution is 2.53. The van der Waals surface area contributed by atoms with E-state index >= 15 is 0 Å². The van der Waals surface area contributed by atoms with Crippen LogP contribution in [0.25, 0.3) is 91.1 Å². The van der Waals surface area contributed by atoms with Gasteiger partial charge in [-0.3, -0.25) is 0 Å². The van der Waals surface area contributed by atoms with Crippen LogP contribution in [0.15, 0.2) is 182 Å². The van der Waals surface area contributed by atoms with E-state index in [0.717, 1.165) is 6.42 Å². The Labute approximate surface area is 331 Å². The van der Waals surface area contributed by atoms with Crippen molar-refractivity contribution in [2.24, 2.45) is 0 Å². The third-order valence-electron chi connectivity index (χ3n) is 12.4.